The van der Waals surface area contributed by atoms with Gasteiger partial charge in [-0.15, -0.1) is 0 Å². The highest BCUT2D eigenvalue weighted by Gasteiger charge is 2.24. The van der Waals surface area contributed by atoms with Gasteiger partial charge in [-0.05, 0) is 25.1 Å². The lowest BCUT2D eigenvalue weighted by molar-refractivity contribution is 0.0738. The summed E-state index contributed by atoms with van der Waals surface area (Å²) in [6.07, 6.45) is 1.67. The van der Waals surface area contributed by atoms with Crippen LogP contribution in [0.25, 0.3) is 5.65 Å². The van der Waals surface area contributed by atoms with E-state index in [-0.39, 0.29) is 5.91 Å². The molecule has 6 heteroatoms. The molecule has 6 nitrogen and oxygen atoms in total. The van der Waals surface area contributed by atoms with Crippen molar-refractivity contribution in [2.75, 3.05) is 31.1 Å². The van der Waals surface area contributed by atoms with E-state index in [1.165, 1.54) is 5.69 Å². The van der Waals surface area contributed by atoms with Crippen molar-refractivity contribution in [1.29, 1.82) is 0 Å². The van der Waals surface area contributed by atoms with E-state index >= 15 is 0 Å². The Morgan fingerprint density at radius 2 is 1.79 bits per heavy atom. The first-order chi connectivity index (χ1) is 11.7. The maximum absolute atomic E-state index is 12.9. The van der Waals surface area contributed by atoms with Crippen molar-refractivity contribution in [3.05, 3.63) is 60.0 Å². The summed E-state index contributed by atoms with van der Waals surface area (Å²) in [6.45, 7) is 4.99. The van der Waals surface area contributed by atoms with Gasteiger partial charge in [0.15, 0.2) is 5.65 Å². The molecule has 0 atom stereocenters. The van der Waals surface area contributed by atoms with Gasteiger partial charge in [0.2, 0.25) is 0 Å². The van der Waals surface area contributed by atoms with Crippen LogP contribution in [0.4, 0.5) is 5.69 Å². The minimum atomic E-state index is 0.0122. The van der Waals surface area contributed by atoms with Crippen LogP contribution in [-0.2, 0) is 0 Å². The highest BCUT2D eigenvalue weighted by Crippen LogP contribution is 2.17. The van der Waals surface area contributed by atoms with E-state index in [0.29, 0.717) is 24.4 Å². The van der Waals surface area contributed by atoms with Gasteiger partial charge in [0.25, 0.3) is 5.91 Å². The van der Waals surface area contributed by atoms with Gasteiger partial charge in [-0.1, -0.05) is 18.2 Å². The molecule has 4 rings (SSSR count). The number of anilines is 1. The van der Waals surface area contributed by atoms with Gasteiger partial charge in [-0.25, -0.2) is 9.50 Å². The van der Waals surface area contributed by atoms with Crippen molar-refractivity contribution < 1.29 is 4.79 Å². The second-order valence-corrected chi connectivity index (χ2v) is 6.00. The van der Waals surface area contributed by atoms with Gasteiger partial charge in [0.1, 0.15) is 5.69 Å². The number of amides is 1. The van der Waals surface area contributed by atoms with Crippen molar-refractivity contribution in [3.63, 3.8) is 0 Å². The predicted molar refractivity (Wildman–Crippen MR) is 92.3 cm³/mol. The third-order valence-electron chi connectivity index (χ3n) is 4.39. The molecule has 1 amide bonds. The number of nitrogens with zero attached hydrogens (tertiary/aromatic N) is 5. The summed E-state index contributed by atoms with van der Waals surface area (Å²) in [5, 5.41) is 4.39. The molecule has 0 saturated carbocycles. The zero-order valence-electron chi connectivity index (χ0n) is 13.6. The van der Waals surface area contributed by atoms with Gasteiger partial charge in [0.05, 0.1) is 5.69 Å². The summed E-state index contributed by atoms with van der Waals surface area (Å²) in [4.78, 5) is 21.4. The summed E-state index contributed by atoms with van der Waals surface area (Å²) in [7, 11) is 0. The van der Waals surface area contributed by atoms with Crippen LogP contribution in [-0.4, -0.2) is 51.6 Å². The second-order valence-electron chi connectivity index (χ2n) is 6.00. The Bertz CT molecular complexity index is 866. The maximum atomic E-state index is 12.9. The van der Waals surface area contributed by atoms with Gasteiger partial charge in [-0.2, -0.15) is 5.10 Å². The quantitative estimate of drug-likeness (QED) is 0.724. The molecular weight excluding hydrogens is 302 g/mol. The fourth-order valence-electron chi connectivity index (χ4n) is 3.14. The number of rotatable bonds is 2. The Morgan fingerprint density at radius 3 is 2.54 bits per heavy atom. The molecule has 122 valence electrons. The molecule has 1 fully saturated rings. The van der Waals surface area contributed by atoms with Crippen molar-refractivity contribution in [3.8, 4) is 0 Å². The third kappa shape index (κ3) is 2.60. The molecule has 0 aliphatic carbocycles. The van der Waals surface area contributed by atoms with Gasteiger partial charge in [-0.3, -0.25) is 4.79 Å². The molecule has 0 spiro atoms. The average molecular weight is 321 g/mol. The molecule has 3 heterocycles. The van der Waals surface area contributed by atoms with E-state index in [1.807, 2.05) is 36.1 Å². The van der Waals surface area contributed by atoms with E-state index in [4.69, 9.17) is 0 Å². The molecule has 2 aromatic heterocycles. The monoisotopic (exact) mass is 321 g/mol. The smallest absolute Gasteiger partial charge is 0.272 e. The molecule has 0 bridgehead atoms. The number of fused-ring (bicyclic) bond motifs is 1. The summed E-state index contributed by atoms with van der Waals surface area (Å²) < 4.78 is 1.64. The van der Waals surface area contributed by atoms with Crippen LogP contribution < -0.4 is 4.90 Å². The number of piperazine rings is 1. The number of carbonyl (C=O) groups excluding carboxylic acids is 1. The number of hydrogen-bond acceptors (Lipinski definition) is 4. The van der Waals surface area contributed by atoms with Crippen molar-refractivity contribution in [1.82, 2.24) is 19.5 Å². The van der Waals surface area contributed by atoms with Crippen molar-refractivity contribution in [2.24, 2.45) is 0 Å². The van der Waals surface area contributed by atoms with Crippen LogP contribution in [0.5, 0.6) is 0 Å². The van der Waals surface area contributed by atoms with Crippen LogP contribution >= 0.6 is 0 Å². The molecule has 1 aliphatic rings. The number of aromatic nitrogens is 3. The highest BCUT2D eigenvalue weighted by atomic mass is 16.2. The lowest BCUT2D eigenvalue weighted by Gasteiger charge is -2.36. The normalized spacial score (nSPS) is 15.0. The molecule has 1 saturated heterocycles. The second kappa shape index (κ2) is 5.96. The fraction of sp³-hybridized carbons (Fsp3) is 0.278. The molecule has 1 aliphatic heterocycles. The predicted octanol–water partition coefficient (Wildman–Crippen LogP) is 2.00. The Kier molecular flexibility index (Phi) is 3.65. The zero-order chi connectivity index (χ0) is 16.5. The SMILES string of the molecule is Cc1cc2nccc(C(=O)N3CCN(c4ccccc4)CC3)n2n1. The highest BCUT2D eigenvalue weighted by molar-refractivity contribution is 5.93. The standard InChI is InChI=1S/C18H19N5O/c1-14-13-17-19-8-7-16(23(17)20-14)18(24)22-11-9-21(10-12-22)15-5-3-2-4-6-15/h2-8,13H,9-12H2,1H3. The van der Waals surface area contributed by atoms with E-state index in [0.717, 1.165) is 18.8 Å². The van der Waals surface area contributed by atoms with Crippen molar-refractivity contribution in [2.45, 2.75) is 6.92 Å². The number of hydrogen-bond donors (Lipinski definition) is 0. The number of aryl methyl sites for hydroxylation is 1. The van der Waals surface area contributed by atoms with Crippen molar-refractivity contribution >= 4 is 17.2 Å². The maximum Gasteiger partial charge on any atom is 0.272 e. The minimum absolute atomic E-state index is 0.0122. The largest absolute Gasteiger partial charge is 0.368 e. The lowest BCUT2D eigenvalue weighted by atomic mass is 10.2. The van der Waals surface area contributed by atoms with Crippen LogP contribution in [0.3, 0.4) is 0 Å². The first kappa shape index (κ1) is 14.7. The Morgan fingerprint density at radius 1 is 1.04 bits per heavy atom. The fourth-order valence-corrected chi connectivity index (χ4v) is 3.14. The molecule has 0 N–H and O–H groups in total. The lowest BCUT2D eigenvalue weighted by Crippen LogP contribution is -2.49. The summed E-state index contributed by atoms with van der Waals surface area (Å²) in [6, 6.07) is 13.9. The van der Waals surface area contributed by atoms with Gasteiger partial charge in [0, 0.05) is 44.1 Å². The Balaban J connectivity index is 1.52. The molecule has 24 heavy (non-hydrogen) atoms. The number of para-hydroxylation sites is 1. The van der Waals surface area contributed by atoms with Crippen LogP contribution in [0.15, 0.2) is 48.7 Å². The molecule has 1 aromatic carbocycles. The van der Waals surface area contributed by atoms with E-state index in [1.54, 1.807) is 16.8 Å². The molecule has 0 unspecified atom stereocenters. The average Bonchev–Trinajstić information content (AvgIpc) is 3.02. The van der Waals surface area contributed by atoms with E-state index in [2.05, 4.69) is 27.1 Å². The zero-order valence-corrected chi connectivity index (χ0v) is 13.6. The molecule has 3 aromatic rings. The van der Waals surface area contributed by atoms with Crippen LogP contribution in [0, 0.1) is 6.92 Å². The van der Waals surface area contributed by atoms with E-state index in [9.17, 15) is 4.79 Å². The topological polar surface area (TPSA) is 53.7 Å². The Labute approximate surface area is 140 Å². The first-order valence-corrected chi connectivity index (χ1v) is 8.13. The number of benzene rings is 1. The van der Waals surface area contributed by atoms with Gasteiger partial charge < -0.3 is 9.80 Å². The number of carbonyl (C=O) groups is 1. The minimum Gasteiger partial charge on any atom is -0.368 e. The molecule has 0 radical (unpaired) electrons. The van der Waals surface area contributed by atoms with Crippen LogP contribution in [0.1, 0.15) is 16.2 Å². The van der Waals surface area contributed by atoms with Gasteiger partial charge >= 0.3 is 0 Å². The summed E-state index contributed by atoms with van der Waals surface area (Å²) >= 11 is 0. The van der Waals surface area contributed by atoms with E-state index < -0.39 is 0 Å². The summed E-state index contributed by atoms with van der Waals surface area (Å²) in [5.41, 5.74) is 3.35. The Hall–Kier alpha value is -2.89. The first-order valence-electron chi connectivity index (χ1n) is 8.13. The van der Waals surface area contributed by atoms with Crippen LogP contribution in [0.2, 0.25) is 0 Å². The molecular formula is C18H19N5O. The summed E-state index contributed by atoms with van der Waals surface area (Å²) in [5.74, 6) is 0.0122. The third-order valence-corrected chi connectivity index (χ3v) is 4.39.